The van der Waals surface area contributed by atoms with Crippen LogP contribution in [0.1, 0.15) is 12.8 Å². The molecule has 0 heterocycles. The third kappa shape index (κ3) is 4.00. The molecular weight excluding hydrogens is 319 g/mol. The van der Waals surface area contributed by atoms with E-state index in [0.29, 0.717) is 17.9 Å². The summed E-state index contributed by atoms with van der Waals surface area (Å²) in [5.74, 6) is 1.23. The first kappa shape index (κ1) is 13.3. The van der Waals surface area contributed by atoms with Gasteiger partial charge in [0.05, 0.1) is 7.11 Å². The fourth-order valence-corrected chi connectivity index (χ4v) is 1.71. The molecule has 16 heavy (non-hydrogen) atoms. The predicted molar refractivity (Wildman–Crippen MR) is 71.2 cm³/mol. The molecule has 0 fully saturated rings. The average Bonchev–Trinajstić information content (AvgIpc) is 2.34. The van der Waals surface area contributed by atoms with E-state index in [9.17, 15) is 4.79 Å². The number of ether oxygens (including phenoxy) is 2. The van der Waals surface area contributed by atoms with E-state index in [0.717, 1.165) is 10.8 Å². The van der Waals surface area contributed by atoms with Gasteiger partial charge >= 0.3 is 0 Å². The number of methoxy groups -OCH3 is 1. The molecule has 1 aromatic carbocycles. The van der Waals surface area contributed by atoms with Crippen molar-refractivity contribution in [3.8, 4) is 11.5 Å². The summed E-state index contributed by atoms with van der Waals surface area (Å²) in [4.78, 5) is 10.7. The van der Waals surface area contributed by atoms with Crippen molar-refractivity contribution in [2.24, 2.45) is 0 Å². The second kappa shape index (κ2) is 7.49. The van der Waals surface area contributed by atoms with E-state index >= 15 is 0 Å². The molecule has 0 N–H and O–H groups in total. The number of benzene rings is 1. The summed E-state index contributed by atoms with van der Waals surface area (Å²) >= 11 is 2.27. The van der Waals surface area contributed by atoms with Gasteiger partial charge in [0.1, 0.15) is 0 Å². The molecule has 0 aromatic heterocycles. The van der Waals surface area contributed by atoms with Crippen molar-refractivity contribution in [1.29, 1.82) is 0 Å². The summed E-state index contributed by atoms with van der Waals surface area (Å²) in [6.07, 6.45) is 3.02. The summed E-state index contributed by atoms with van der Waals surface area (Å²) in [5.41, 5.74) is 0. The molecule has 1 unspecified atom stereocenters. The molecule has 0 saturated carbocycles. The zero-order valence-electron chi connectivity index (χ0n) is 9.11. The van der Waals surface area contributed by atoms with Crippen LogP contribution in [0.4, 0.5) is 0 Å². The lowest BCUT2D eigenvalue weighted by molar-refractivity contribution is 0.236. The number of para-hydroxylation sites is 2. The monoisotopic (exact) mass is 333 g/mol. The topological polar surface area (TPSA) is 35.5 Å². The fraction of sp³-hybridized carbons (Fsp3) is 0.417. The number of hydrogen-bond acceptors (Lipinski definition) is 3. The Kier molecular flexibility index (Phi) is 6.22. The molecule has 87 valence electrons. The Morgan fingerprint density at radius 3 is 2.62 bits per heavy atom. The zero-order chi connectivity index (χ0) is 11.8. The van der Waals surface area contributed by atoms with Crippen LogP contribution in [-0.2, 0) is 4.79 Å². The minimum atomic E-state index is -0.508. The highest BCUT2D eigenvalue weighted by atomic mass is 127. The molecule has 0 aliphatic carbocycles. The minimum absolute atomic E-state index is 0.508. The SMILES string of the molecule is COc1ccccc1OC([C]=O)CCCI. The molecule has 1 aromatic rings. The van der Waals surface area contributed by atoms with E-state index < -0.39 is 6.10 Å². The highest BCUT2D eigenvalue weighted by Crippen LogP contribution is 2.27. The highest BCUT2D eigenvalue weighted by molar-refractivity contribution is 14.1. The zero-order valence-corrected chi connectivity index (χ0v) is 11.3. The van der Waals surface area contributed by atoms with Crippen molar-refractivity contribution in [2.45, 2.75) is 18.9 Å². The van der Waals surface area contributed by atoms with Crippen molar-refractivity contribution >= 4 is 28.9 Å². The van der Waals surface area contributed by atoms with Crippen LogP contribution in [0.5, 0.6) is 11.5 Å². The Balaban J connectivity index is 2.65. The third-order valence-corrected chi connectivity index (χ3v) is 2.83. The van der Waals surface area contributed by atoms with Crippen LogP contribution in [0.2, 0.25) is 0 Å². The Morgan fingerprint density at radius 2 is 2.06 bits per heavy atom. The highest BCUT2D eigenvalue weighted by Gasteiger charge is 2.12. The van der Waals surface area contributed by atoms with E-state index in [4.69, 9.17) is 9.47 Å². The van der Waals surface area contributed by atoms with E-state index in [1.165, 1.54) is 0 Å². The lowest BCUT2D eigenvalue weighted by Crippen LogP contribution is -2.18. The summed E-state index contributed by atoms with van der Waals surface area (Å²) in [6, 6.07) is 7.29. The van der Waals surface area contributed by atoms with E-state index in [-0.39, 0.29) is 0 Å². The molecular formula is C12H14IO3. The van der Waals surface area contributed by atoms with Crippen LogP contribution in [0.25, 0.3) is 0 Å². The van der Waals surface area contributed by atoms with Crippen molar-refractivity contribution < 1.29 is 14.3 Å². The summed E-state index contributed by atoms with van der Waals surface area (Å²) in [5, 5.41) is 0. The van der Waals surface area contributed by atoms with Gasteiger partial charge in [0.25, 0.3) is 0 Å². The quantitative estimate of drug-likeness (QED) is 0.569. The summed E-state index contributed by atoms with van der Waals surface area (Å²) < 4.78 is 11.7. The van der Waals surface area contributed by atoms with Crippen LogP contribution in [0.15, 0.2) is 24.3 Å². The Morgan fingerprint density at radius 1 is 1.38 bits per heavy atom. The maximum Gasteiger partial charge on any atom is 0.242 e. The van der Waals surface area contributed by atoms with Gasteiger partial charge in [0.15, 0.2) is 17.6 Å². The van der Waals surface area contributed by atoms with Crippen LogP contribution in [-0.4, -0.2) is 23.9 Å². The molecule has 0 amide bonds. The molecule has 0 aliphatic rings. The van der Waals surface area contributed by atoms with Gasteiger partial charge in [-0.05, 0) is 29.4 Å². The molecule has 4 heteroatoms. The summed E-state index contributed by atoms with van der Waals surface area (Å²) in [7, 11) is 1.58. The van der Waals surface area contributed by atoms with Crippen LogP contribution in [0, 0.1) is 0 Å². The first-order valence-corrected chi connectivity index (χ1v) is 6.57. The predicted octanol–water partition coefficient (Wildman–Crippen LogP) is 2.77. The molecule has 3 nitrogen and oxygen atoms in total. The molecule has 1 radical (unpaired) electrons. The van der Waals surface area contributed by atoms with Gasteiger partial charge in [0.2, 0.25) is 6.29 Å². The lowest BCUT2D eigenvalue weighted by Gasteiger charge is -2.14. The smallest absolute Gasteiger partial charge is 0.242 e. The lowest BCUT2D eigenvalue weighted by atomic mass is 10.2. The van der Waals surface area contributed by atoms with Gasteiger partial charge in [-0.1, -0.05) is 34.7 Å². The first-order chi connectivity index (χ1) is 7.81. The number of carbonyl (C=O) groups excluding carboxylic acids is 1. The van der Waals surface area contributed by atoms with Crippen molar-refractivity contribution in [3.05, 3.63) is 24.3 Å². The number of alkyl halides is 1. The van der Waals surface area contributed by atoms with Gasteiger partial charge < -0.3 is 9.47 Å². The minimum Gasteiger partial charge on any atom is -0.493 e. The molecule has 0 aliphatic heterocycles. The number of rotatable bonds is 7. The molecule has 0 saturated heterocycles. The fourth-order valence-electron chi connectivity index (χ4n) is 1.27. The van der Waals surface area contributed by atoms with Crippen LogP contribution < -0.4 is 9.47 Å². The maximum absolute atomic E-state index is 10.7. The van der Waals surface area contributed by atoms with Crippen molar-refractivity contribution in [3.63, 3.8) is 0 Å². The van der Waals surface area contributed by atoms with E-state index in [1.54, 1.807) is 19.2 Å². The first-order valence-electron chi connectivity index (χ1n) is 5.05. The van der Waals surface area contributed by atoms with Crippen molar-refractivity contribution in [2.75, 3.05) is 11.5 Å². The number of hydrogen-bond donors (Lipinski definition) is 0. The molecule has 1 rings (SSSR count). The van der Waals surface area contributed by atoms with Gasteiger partial charge in [-0.2, -0.15) is 0 Å². The van der Waals surface area contributed by atoms with Gasteiger partial charge in [0, 0.05) is 0 Å². The van der Waals surface area contributed by atoms with Gasteiger partial charge in [-0.3, -0.25) is 4.79 Å². The van der Waals surface area contributed by atoms with Crippen LogP contribution >= 0.6 is 22.6 Å². The second-order valence-corrected chi connectivity index (χ2v) is 4.29. The second-order valence-electron chi connectivity index (χ2n) is 3.21. The Labute approximate surface area is 109 Å². The van der Waals surface area contributed by atoms with Gasteiger partial charge in [-0.15, -0.1) is 0 Å². The largest absolute Gasteiger partial charge is 0.493 e. The maximum atomic E-state index is 10.7. The third-order valence-electron chi connectivity index (χ3n) is 2.07. The van der Waals surface area contributed by atoms with Crippen molar-refractivity contribution in [1.82, 2.24) is 0 Å². The average molecular weight is 333 g/mol. The number of halogens is 1. The van der Waals surface area contributed by atoms with E-state index in [1.807, 2.05) is 18.4 Å². The standard InChI is InChI=1S/C12H14IO3/c1-15-11-6-2-3-7-12(11)16-10(9-14)5-4-8-13/h2-3,6-7,10H,4-5,8H2,1H3. The van der Waals surface area contributed by atoms with Crippen LogP contribution in [0.3, 0.4) is 0 Å². The van der Waals surface area contributed by atoms with Gasteiger partial charge in [-0.25, -0.2) is 0 Å². The van der Waals surface area contributed by atoms with E-state index in [2.05, 4.69) is 22.6 Å². The molecule has 0 spiro atoms. The summed E-state index contributed by atoms with van der Waals surface area (Å²) in [6.45, 7) is 0. The normalized spacial score (nSPS) is 11.9. The Bertz CT molecular complexity index is 328. The molecule has 1 atom stereocenters. The molecule has 0 bridgehead atoms. The Hall–Kier alpha value is -0.780.